The first-order valence-corrected chi connectivity index (χ1v) is 6.18. The molecule has 0 amide bonds. The molecule has 0 spiro atoms. The molecule has 0 radical (unpaired) electrons. The molecule has 0 N–H and O–H groups in total. The lowest BCUT2D eigenvalue weighted by atomic mass is 10.2. The van der Waals surface area contributed by atoms with E-state index in [0.717, 1.165) is 36.6 Å². The van der Waals surface area contributed by atoms with Gasteiger partial charge >= 0.3 is 5.97 Å². The molecule has 2 rings (SSSR count). The number of thiazole rings is 1. The zero-order valence-electron chi connectivity index (χ0n) is 9.49. The molecule has 1 aliphatic heterocycles. The van der Waals surface area contributed by atoms with Crippen LogP contribution in [-0.4, -0.2) is 30.8 Å². The fourth-order valence-electron chi connectivity index (χ4n) is 1.82. The minimum atomic E-state index is -0.298. The molecule has 1 atom stereocenters. The van der Waals surface area contributed by atoms with Crippen molar-refractivity contribution in [3.63, 3.8) is 0 Å². The first kappa shape index (κ1) is 11.5. The Hall–Kier alpha value is -0.940. The van der Waals surface area contributed by atoms with Gasteiger partial charge < -0.3 is 9.47 Å². The maximum atomic E-state index is 11.4. The molecule has 1 unspecified atom stereocenters. The summed E-state index contributed by atoms with van der Waals surface area (Å²) in [6, 6.07) is 0. The summed E-state index contributed by atoms with van der Waals surface area (Å²) in [5.74, 6) is -0.298. The quantitative estimate of drug-likeness (QED) is 0.759. The van der Waals surface area contributed by atoms with E-state index in [2.05, 4.69) is 4.98 Å². The summed E-state index contributed by atoms with van der Waals surface area (Å²) < 4.78 is 10.2. The van der Waals surface area contributed by atoms with Crippen LogP contribution in [0.15, 0.2) is 0 Å². The van der Waals surface area contributed by atoms with Crippen molar-refractivity contribution < 1.29 is 14.3 Å². The first-order chi connectivity index (χ1) is 7.70. The predicted octanol–water partition coefficient (Wildman–Crippen LogP) is 1.96. The van der Waals surface area contributed by atoms with Crippen molar-refractivity contribution in [3.8, 4) is 0 Å². The third-order valence-electron chi connectivity index (χ3n) is 2.64. The number of methoxy groups -OCH3 is 1. The van der Waals surface area contributed by atoms with Gasteiger partial charge in [-0.3, -0.25) is 0 Å². The summed E-state index contributed by atoms with van der Waals surface area (Å²) >= 11 is 1.41. The Labute approximate surface area is 98.6 Å². The number of rotatable bonds is 3. The SMILES string of the molecule is COC(=O)c1sc(CC2CCCO2)nc1C. The van der Waals surface area contributed by atoms with Crippen LogP contribution in [0.4, 0.5) is 0 Å². The van der Waals surface area contributed by atoms with Crippen molar-refractivity contribution in [2.45, 2.75) is 32.3 Å². The topological polar surface area (TPSA) is 48.4 Å². The van der Waals surface area contributed by atoms with Gasteiger partial charge in [-0.05, 0) is 19.8 Å². The molecule has 1 aromatic rings. The second-order valence-corrected chi connectivity index (χ2v) is 4.94. The number of carbonyl (C=O) groups is 1. The highest BCUT2D eigenvalue weighted by Crippen LogP contribution is 2.23. The molecule has 16 heavy (non-hydrogen) atoms. The van der Waals surface area contributed by atoms with E-state index in [1.165, 1.54) is 18.4 Å². The highest BCUT2D eigenvalue weighted by atomic mass is 32.1. The molecule has 5 heteroatoms. The average molecular weight is 241 g/mol. The van der Waals surface area contributed by atoms with Gasteiger partial charge in [-0.25, -0.2) is 9.78 Å². The maximum absolute atomic E-state index is 11.4. The standard InChI is InChI=1S/C11H15NO3S/c1-7-10(11(13)14-2)16-9(12-7)6-8-4-3-5-15-8/h8H,3-6H2,1-2H3. The summed E-state index contributed by atoms with van der Waals surface area (Å²) in [6.07, 6.45) is 3.30. The maximum Gasteiger partial charge on any atom is 0.349 e. The van der Waals surface area contributed by atoms with Crippen LogP contribution in [0.25, 0.3) is 0 Å². The molecule has 0 aromatic carbocycles. The number of nitrogens with zero attached hydrogens (tertiary/aromatic N) is 1. The van der Waals surface area contributed by atoms with Gasteiger partial charge in [0.05, 0.1) is 23.9 Å². The Morgan fingerprint density at radius 1 is 1.69 bits per heavy atom. The number of aromatic nitrogens is 1. The molecule has 0 aliphatic carbocycles. The molecule has 1 fully saturated rings. The molecule has 4 nitrogen and oxygen atoms in total. The molecule has 1 aliphatic rings. The largest absolute Gasteiger partial charge is 0.465 e. The van der Waals surface area contributed by atoms with Crippen LogP contribution in [-0.2, 0) is 15.9 Å². The van der Waals surface area contributed by atoms with Crippen LogP contribution in [0, 0.1) is 6.92 Å². The number of ether oxygens (including phenoxy) is 2. The van der Waals surface area contributed by atoms with Crippen molar-refractivity contribution in [2.75, 3.05) is 13.7 Å². The summed E-state index contributed by atoms with van der Waals surface area (Å²) in [4.78, 5) is 16.4. The number of carbonyl (C=O) groups excluding carboxylic acids is 1. The lowest BCUT2D eigenvalue weighted by Crippen LogP contribution is -2.08. The molecular weight excluding hydrogens is 226 g/mol. The molecule has 1 aromatic heterocycles. The van der Waals surface area contributed by atoms with Crippen molar-refractivity contribution in [3.05, 3.63) is 15.6 Å². The number of hydrogen-bond donors (Lipinski definition) is 0. The zero-order valence-corrected chi connectivity index (χ0v) is 10.3. The van der Waals surface area contributed by atoms with Crippen molar-refractivity contribution in [2.24, 2.45) is 0 Å². The summed E-state index contributed by atoms with van der Waals surface area (Å²) in [6.45, 7) is 2.68. The van der Waals surface area contributed by atoms with Crippen LogP contribution in [0.3, 0.4) is 0 Å². The smallest absolute Gasteiger partial charge is 0.349 e. The van der Waals surface area contributed by atoms with E-state index in [0.29, 0.717) is 4.88 Å². The normalized spacial score (nSPS) is 20.0. The van der Waals surface area contributed by atoms with E-state index in [1.54, 1.807) is 0 Å². The van der Waals surface area contributed by atoms with Crippen molar-refractivity contribution >= 4 is 17.3 Å². The van der Waals surface area contributed by atoms with Gasteiger partial charge in [0.2, 0.25) is 0 Å². The lowest BCUT2D eigenvalue weighted by Gasteiger charge is -2.05. The highest BCUT2D eigenvalue weighted by molar-refractivity contribution is 7.13. The molecule has 88 valence electrons. The highest BCUT2D eigenvalue weighted by Gasteiger charge is 2.20. The van der Waals surface area contributed by atoms with E-state index in [-0.39, 0.29) is 12.1 Å². The Kier molecular flexibility index (Phi) is 3.56. The van der Waals surface area contributed by atoms with Gasteiger partial charge in [-0.15, -0.1) is 11.3 Å². The monoisotopic (exact) mass is 241 g/mol. The van der Waals surface area contributed by atoms with Crippen LogP contribution < -0.4 is 0 Å². The molecular formula is C11H15NO3S. The number of esters is 1. The predicted molar refractivity (Wildman–Crippen MR) is 60.9 cm³/mol. The fourth-order valence-corrected chi connectivity index (χ4v) is 2.87. The summed E-state index contributed by atoms with van der Waals surface area (Å²) in [7, 11) is 1.39. The molecule has 0 saturated carbocycles. The summed E-state index contributed by atoms with van der Waals surface area (Å²) in [5, 5.41) is 0.963. The van der Waals surface area contributed by atoms with E-state index in [4.69, 9.17) is 9.47 Å². The minimum Gasteiger partial charge on any atom is -0.465 e. The summed E-state index contributed by atoms with van der Waals surface area (Å²) in [5.41, 5.74) is 0.754. The van der Waals surface area contributed by atoms with Crippen LogP contribution in [0.1, 0.15) is 33.2 Å². The first-order valence-electron chi connectivity index (χ1n) is 5.37. The molecule has 1 saturated heterocycles. The van der Waals surface area contributed by atoms with Gasteiger partial charge in [0, 0.05) is 13.0 Å². The van der Waals surface area contributed by atoms with E-state index in [9.17, 15) is 4.79 Å². The Morgan fingerprint density at radius 3 is 3.12 bits per heavy atom. The third-order valence-corrected chi connectivity index (χ3v) is 3.80. The van der Waals surface area contributed by atoms with Gasteiger partial charge in [-0.2, -0.15) is 0 Å². The molecule has 2 heterocycles. The Bertz CT molecular complexity index is 383. The van der Waals surface area contributed by atoms with Gasteiger partial charge in [0.1, 0.15) is 4.88 Å². The number of hydrogen-bond acceptors (Lipinski definition) is 5. The van der Waals surface area contributed by atoms with Gasteiger partial charge in [-0.1, -0.05) is 0 Å². The van der Waals surface area contributed by atoms with Gasteiger partial charge in [0.25, 0.3) is 0 Å². The van der Waals surface area contributed by atoms with E-state index < -0.39 is 0 Å². The Balaban J connectivity index is 2.07. The second kappa shape index (κ2) is 4.93. The Morgan fingerprint density at radius 2 is 2.50 bits per heavy atom. The zero-order chi connectivity index (χ0) is 11.5. The number of aryl methyl sites for hydroxylation is 1. The average Bonchev–Trinajstić information content (AvgIpc) is 2.88. The van der Waals surface area contributed by atoms with Crippen molar-refractivity contribution in [1.29, 1.82) is 0 Å². The van der Waals surface area contributed by atoms with E-state index >= 15 is 0 Å². The second-order valence-electron chi connectivity index (χ2n) is 3.85. The van der Waals surface area contributed by atoms with E-state index in [1.807, 2.05) is 6.92 Å². The van der Waals surface area contributed by atoms with Crippen LogP contribution >= 0.6 is 11.3 Å². The third kappa shape index (κ3) is 2.41. The fraction of sp³-hybridized carbons (Fsp3) is 0.636. The lowest BCUT2D eigenvalue weighted by molar-refractivity contribution is 0.0605. The van der Waals surface area contributed by atoms with Crippen molar-refractivity contribution in [1.82, 2.24) is 4.98 Å². The van der Waals surface area contributed by atoms with Crippen LogP contribution in [0.2, 0.25) is 0 Å². The van der Waals surface area contributed by atoms with Crippen LogP contribution in [0.5, 0.6) is 0 Å². The minimum absolute atomic E-state index is 0.274. The molecule has 0 bridgehead atoms. The van der Waals surface area contributed by atoms with Gasteiger partial charge in [0.15, 0.2) is 0 Å².